The topological polar surface area (TPSA) is 134 Å². The number of fused-ring (bicyclic) bond motifs is 1. The van der Waals surface area contributed by atoms with Gasteiger partial charge in [0.1, 0.15) is 5.60 Å². The van der Waals surface area contributed by atoms with Gasteiger partial charge in [0, 0.05) is 37.0 Å². The van der Waals surface area contributed by atoms with Gasteiger partial charge < -0.3 is 15.4 Å². The smallest absolute Gasteiger partial charge is 0.410 e. The fourth-order valence-electron chi connectivity index (χ4n) is 4.37. The number of benzene rings is 2. The van der Waals surface area contributed by atoms with Crippen molar-refractivity contribution in [3.8, 4) is 0 Å². The van der Waals surface area contributed by atoms with Crippen molar-refractivity contribution >= 4 is 33.4 Å². The van der Waals surface area contributed by atoms with Crippen molar-refractivity contribution in [2.24, 2.45) is 0 Å². The number of anilines is 1. The molecule has 196 valence electrons. The van der Waals surface area contributed by atoms with Gasteiger partial charge in [-0.3, -0.25) is 14.5 Å². The van der Waals surface area contributed by atoms with Crippen molar-refractivity contribution in [1.29, 1.82) is 0 Å². The van der Waals surface area contributed by atoms with Gasteiger partial charge in [0.15, 0.2) is 5.78 Å². The van der Waals surface area contributed by atoms with E-state index in [1.165, 1.54) is 31.3 Å². The number of nitrogens with one attached hydrogen (secondary N) is 3. The van der Waals surface area contributed by atoms with E-state index in [0.29, 0.717) is 30.9 Å². The van der Waals surface area contributed by atoms with Crippen LogP contribution < -0.4 is 15.4 Å². The number of rotatable bonds is 5. The minimum atomic E-state index is -3.99. The lowest BCUT2D eigenvalue weighted by Gasteiger charge is -2.38. The van der Waals surface area contributed by atoms with Gasteiger partial charge in [-0.2, -0.15) is 0 Å². The van der Waals surface area contributed by atoms with E-state index in [2.05, 4.69) is 15.4 Å². The molecule has 1 heterocycles. The minimum absolute atomic E-state index is 0.0211. The number of sulfonamides is 1. The Kier molecular flexibility index (Phi) is 7.22. The second-order valence-electron chi connectivity index (χ2n) is 9.74. The van der Waals surface area contributed by atoms with E-state index in [9.17, 15) is 22.8 Å². The molecule has 2 aromatic carbocycles. The molecule has 1 amide bonds. The molecule has 3 N–H and O–H groups in total. The molecule has 1 aliphatic heterocycles. The Morgan fingerprint density at radius 1 is 1.11 bits per heavy atom. The number of piperazine rings is 1. The highest BCUT2D eigenvalue weighted by molar-refractivity contribution is 7.89. The number of Topliss-reactive ketones (excluding diaryl/α,β-unsaturated/α-hetero) is 1. The number of ketones is 2. The van der Waals surface area contributed by atoms with Crippen LogP contribution in [-0.4, -0.2) is 63.3 Å². The van der Waals surface area contributed by atoms with E-state index < -0.39 is 39.3 Å². The van der Waals surface area contributed by atoms with Gasteiger partial charge in [-0.25, -0.2) is 17.9 Å². The van der Waals surface area contributed by atoms with Crippen LogP contribution in [0.2, 0.25) is 0 Å². The number of hydrogen-bond acceptors (Lipinski definition) is 8. The molecule has 1 aliphatic carbocycles. The van der Waals surface area contributed by atoms with Gasteiger partial charge in [0.25, 0.3) is 0 Å². The second kappa shape index (κ2) is 10.1. The second-order valence-corrected chi connectivity index (χ2v) is 11.6. The molecule has 1 atom stereocenters. The Bertz CT molecular complexity index is 1390. The summed E-state index contributed by atoms with van der Waals surface area (Å²) in [5.74, 6) is -1.11. The average Bonchev–Trinajstić information content (AvgIpc) is 2.86. The summed E-state index contributed by atoms with van der Waals surface area (Å²) in [6, 6.07) is 10.9. The monoisotopic (exact) mass is 526 g/mol. The highest BCUT2D eigenvalue weighted by atomic mass is 32.2. The molecule has 1 unspecified atom stereocenters. The predicted octanol–water partition coefficient (Wildman–Crippen LogP) is 2.85. The molecule has 0 aromatic heterocycles. The largest absolute Gasteiger partial charge is 0.444 e. The molecule has 1 fully saturated rings. The van der Waals surface area contributed by atoms with E-state index in [4.69, 9.17) is 4.74 Å². The van der Waals surface area contributed by atoms with Gasteiger partial charge in [-0.15, -0.1) is 0 Å². The fourth-order valence-corrected chi connectivity index (χ4v) is 5.32. The molecule has 10 nitrogen and oxygen atoms in total. The third kappa shape index (κ3) is 5.43. The minimum Gasteiger partial charge on any atom is -0.444 e. The molecule has 11 heteroatoms. The predicted molar refractivity (Wildman–Crippen MR) is 138 cm³/mol. The van der Waals surface area contributed by atoms with Crippen molar-refractivity contribution < 1.29 is 27.5 Å². The Labute approximate surface area is 216 Å². The lowest BCUT2D eigenvalue weighted by molar-refractivity contribution is 0.0118. The van der Waals surface area contributed by atoms with Gasteiger partial charge in [0.2, 0.25) is 15.8 Å². The van der Waals surface area contributed by atoms with Crippen LogP contribution in [0.25, 0.3) is 0 Å². The summed E-state index contributed by atoms with van der Waals surface area (Å²) < 4.78 is 33.0. The highest BCUT2D eigenvalue weighted by Gasteiger charge is 2.35. The quantitative estimate of drug-likeness (QED) is 0.542. The number of nitrogens with zero attached hydrogens (tertiary/aromatic N) is 1. The number of allylic oxidation sites excluding steroid dienone is 2. The van der Waals surface area contributed by atoms with Crippen molar-refractivity contribution in [3.63, 3.8) is 0 Å². The van der Waals surface area contributed by atoms with Gasteiger partial charge in [0.05, 0.1) is 22.2 Å². The summed E-state index contributed by atoms with van der Waals surface area (Å²) in [5, 5.41) is 6.33. The molecule has 1 saturated heterocycles. The molecule has 2 aromatic rings. The van der Waals surface area contributed by atoms with Crippen LogP contribution in [-0.2, 0) is 14.8 Å². The molecule has 37 heavy (non-hydrogen) atoms. The summed E-state index contributed by atoms with van der Waals surface area (Å²) in [4.78, 5) is 40.7. The Hall–Kier alpha value is -3.54. The van der Waals surface area contributed by atoms with E-state index in [1.807, 2.05) is 12.1 Å². The number of amides is 1. The normalized spacial score (nSPS) is 18.2. The number of hydrogen-bond donors (Lipinski definition) is 3. The van der Waals surface area contributed by atoms with Crippen LogP contribution in [0.3, 0.4) is 0 Å². The lowest BCUT2D eigenvalue weighted by atomic mass is 9.92. The third-order valence-corrected chi connectivity index (χ3v) is 7.51. The van der Waals surface area contributed by atoms with Crippen molar-refractivity contribution in [3.05, 3.63) is 70.9 Å². The molecule has 2 aliphatic rings. The summed E-state index contributed by atoms with van der Waals surface area (Å²) in [6.07, 6.45) is 0.717. The van der Waals surface area contributed by atoms with Crippen LogP contribution in [0.4, 0.5) is 10.5 Å². The third-order valence-electron chi connectivity index (χ3n) is 6.06. The highest BCUT2D eigenvalue weighted by Crippen LogP contribution is 2.33. The molecule has 0 radical (unpaired) electrons. The van der Waals surface area contributed by atoms with Crippen LogP contribution in [0.15, 0.2) is 59.1 Å². The van der Waals surface area contributed by atoms with Gasteiger partial charge >= 0.3 is 6.09 Å². The van der Waals surface area contributed by atoms with Crippen LogP contribution in [0.5, 0.6) is 0 Å². The van der Waals surface area contributed by atoms with Gasteiger partial charge in [-0.05, 0) is 45.5 Å². The van der Waals surface area contributed by atoms with Crippen LogP contribution >= 0.6 is 0 Å². The summed E-state index contributed by atoms with van der Waals surface area (Å²) in [5.41, 5.74) is 0.337. The summed E-state index contributed by atoms with van der Waals surface area (Å²) in [6.45, 7) is 6.88. The zero-order valence-electron chi connectivity index (χ0n) is 21.1. The van der Waals surface area contributed by atoms with E-state index in [-0.39, 0.29) is 21.7 Å². The number of para-hydroxylation sites is 1. The lowest BCUT2D eigenvalue weighted by Crippen LogP contribution is -2.50. The van der Waals surface area contributed by atoms with Crippen molar-refractivity contribution in [2.45, 2.75) is 37.3 Å². The summed E-state index contributed by atoms with van der Waals surface area (Å²) >= 11 is 0. The summed E-state index contributed by atoms with van der Waals surface area (Å²) in [7, 11) is -2.75. The maximum absolute atomic E-state index is 13.5. The first-order valence-corrected chi connectivity index (χ1v) is 13.3. The number of ether oxygens (including phenoxy) is 1. The average molecular weight is 527 g/mol. The maximum atomic E-state index is 13.5. The van der Waals surface area contributed by atoms with E-state index >= 15 is 0 Å². The standard InChI is InChI=1S/C26H30N4O6S/c1-26(2,3)36-25(33)30-13-12-28-15-20(30)16-8-5-6-10-18(16)29-19-14-21(31)17-9-7-11-22(23(17)24(19)32)37(34,35)27-4/h5-11,14,20,27-29H,12-13,15H2,1-4H3. The van der Waals surface area contributed by atoms with E-state index in [0.717, 1.165) is 0 Å². The van der Waals surface area contributed by atoms with Gasteiger partial charge in [-0.1, -0.05) is 30.3 Å². The van der Waals surface area contributed by atoms with E-state index in [1.54, 1.807) is 37.8 Å². The van der Waals surface area contributed by atoms with Crippen LogP contribution in [0, 0.1) is 0 Å². The number of carbonyl (C=O) groups is 3. The first-order chi connectivity index (χ1) is 17.4. The van der Waals surface area contributed by atoms with Crippen molar-refractivity contribution in [2.75, 3.05) is 32.0 Å². The fraction of sp³-hybridized carbons (Fsp3) is 0.346. The Balaban J connectivity index is 1.70. The molecular formula is C26H30N4O6S. The maximum Gasteiger partial charge on any atom is 0.410 e. The van der Waals surface area contributed by atoms with Crippen molar-refractivity contribution in [1.82, 2.24) is 14.9 Å². The SMILES string of the molecule is CNS(=O)(=O)c1cccc2c1C(=O)C(Nc1ccccc1C1CNCCN1C(=O)OC(C)(C)C)=CC2=O. The Morgan fingerprint density at radius 2 is 1.84 bits per heavy atom. The molecule has 0 saturated carbocycles. The zero-order chi connectivity index (χ0) is 27.0. The molecule has 4 rings (SSSR count). The first kappa shape index (κ1) is 26.5. The molecule has 0 spiro atoms. The van der Waals surface area contributed by atoms with Crippen LogP contribution in [0.1, 0.15) is 53.1 Å². The molecule has 0 bridgehead atoms. The molecular weight excluding hydrogens is 496 g/mol. The first-order valence-electron chi connectivity index (χ1n) is 11.9. The number of carbonyl (C=O) groups excluding carboxylic acids is 3. The zero-order valence-corrected chi connectivity index (χ0v) is 21.9. The Morgan fingerprint density at radius 3 is 2.54 bits per heavy atom.